The van der Waals surface area contributed by atoms with Crippen LogP contribution in [0.5, 0.6) is 0 Å². The summed E-state index contributed by atoms with van der Waals surface area (Å²) in [5.41, 5.74) is 1.01. The molecular weight excluding hydrogens is 190 g/mol. The minimum atomic E-state index is 0.232. The van der Waals surface area contributed by atoms with Gasteiger partial charge in [0.05, 0.1) is 17.8 Å². The summed E-state index contributed by atoms with van der Waals surface area (Å²) in [5.74, 6) is 1.80. The van der Waals surface area contributed by atoms with Crippen molar-refractivity contribution >= 4 is 0 Å². The van der Waals surface area contributed by atoms with Crippen LogP contribution in [0.4, 0.5) is 0 Å². The summed E-state index contributed by atoms with van der Waals surface area (Å²) in [4.78, 5) is 0. The molecule has 0 fully saturated rings. The fraction of sp³-hybridized carbons (Fsp3) is 0.364. The van der Waals surface area contributed by atoms with E-state index in [2.05, 4.69) is 17.3 Å². The van der Waals surface area contributed by atoms with Gasteiger partial charge in [-0.15, -0.1) is 0 Å². The summed E-state index contributed by atoms with van der Waals surface area (Å²) in [6.45, 7) is 2.06. The highest BCUT2D eigenvalue weighted by atomic mass is 16.3. The molecule has 0 aromatic carbocycles. The van der Waals surface area contributed by atoms with Gasteiger partial charge in [-0.05, 0) is 26.1 Å². The Morgan fingerprint density at radius 1 is 1.47 bits per heavy atom. The number of rotatable bonds is 3. The van der Waals surface area contributed by atoms with Gasteiger partial charge >= 0.3 is 0 Å². The molecule has 0 aliphatic carbocycles. The van der Waals surface area contributed by atoms with E-state index >= 15 is 0 Å². The minimum Gasteiger partial charge on any atom is -0.459 e. The monoisotopic (exact) mass is 205 g/mol. The quantitative estimate of drug-likeness (QED) is 0.833. The summed E-state index contributed by atoms with van der Waals surface area (Å²) < 4.78 is 7.48. The zero-order valence-electron chi connectivity index (χ0n) is 9.19. The van der Waals surface area contributed by atoms with Crippen molar-refractivity contribution in [3.05, 3.63) is 30.3 Å². The van der Waals surface area contributed by atoms with Crippen LogP contribution in [0.1, 0.15) is 18.7 Å². The lowest BCUT2D eigenvalue weighted by atomic mass is 10.2. The first kappa shape index (κ1) is 9.98. The third-order valence-electron chi connectivity index (χ3n) is 2.48. The van der Waals surface area contributed by atoms with Gasteiger partial charge in [-0.3, -0.25) is 4.68 Å². The van der Waals surface area contributed by atoms with Crippen LogP contribution in [0.15, 0.2) is 28.9 Å². The average molecular weight is 205 g/mol. The first-order valence-corrected chi connectivity index (χ1v) is 4.96. The third kappa shape index (κ3) is 1.94. The molecule has 1 unspecified atom stereocenters. The Morgan fingerprint density at radius 2 is 2.27 bits per heavy atom. The number of aromatic nitrogens is 2. The van der Waals surface area contributed by atoms with Gasteiger partial charge in [-0.2, -0.15) is 5.10 Å². The maximum Gasteiger partial charge on any atom is 0.137 e. The van der Waals surface area contributed by atoms with Gasteiger partial charge in [0, 0.05) is 13.2 Å². The maximum absolute atomic E-state index is 5.72. The molecule has 4 heteroatoms. The first-order valence-electron chi connectivity index (χ1n) is 4.96. The van der Waals surface area contributed by atoms with Crippen LogP contribution in [0.3, 0.4) is 0 Å². The summed E-state index contributed by atoms with van der Waals surface area (Å²) in [6.07, 6.45) is 3.74. The highest BCUT2D eigenvalue weighted by Crippen LogP contribution is 2.24. The Labute approximate surface area is 88.9 Å². The lowest BCUT2D eigenvalue weighted by Crippen LogP contribution is -2.10. The second kappa shape index (κ2) is 3.90. The molecule has 2 heterocycles. The fourth-order valence-corrected chi connectivity index (χ4v) is 1.43. The molecular formula is C11H15N3O. The zero-order valence-corrected chi connectivity index (χ0v) is 9.19. The van der Waals surface area contributed by atoms with E-state index in [0.29, 0.717) is 0 Å². The maximum atomic E-state index is 5.72. The van der Waals surface area contributed by atoms with E-state index in [-0.39, 0.29) is 6.04 Å². The summed E-state index contributed by atoms with van der Waals surface area (Å²) in [6, 6.07) is 4.19. The average Bonchev–Trinajstić information content (AvgIpc) is 2.84. The van der Waals surface area contributed by atoms with Crippen molar-refractivity contribution < 1.29 is 4.42 Å². The van der Waals surface area contributed by atoms with Gasteiger partial charge in [0.15, 0.2) is 0 Å². The molecule has 0 saturated heterocycles. The van der Waals surface area contributed by atoms with E-state index in [1.54, 1.807) is 10.9 Å². The van der Waals surface area contributed by atoms with Crippen LogP contribution < -0.4 is 5.32 Å². The topological polar surface area (TPSA) is 43.0 Å². The number of nitrogens with one attached hydrogen (secondary N) is 1. The molecule has 0 aliphatic heterocycles. The van der Waals surface area contributed by atoms with E-state index in [9.17, 15) is 0 Å². The van der Waals surface area contributed by atoms with E-state index in [4.69, 9.17) is 4.42 Å². The van der Waals surface area contributed by atoms with Gasteiger partial charge in [0.2, 0.25) is 0 Å². The van der Waals surface area contributed by atoms with Crippen molar-refractivity contribution in [2.24, 2.45) is 7.05 Å². The van der Waals surface area contributed by atoms with E-state index < -0.39 is 0 Å². The largest absolute Gasteiger partial charge is 0.459 e. The van der Waals surface area contributed by atoms with E-state index in [1.807, 2.05) is 32.4 Å². The Kier molecular flexibility index (Phi) is 2.60. The smallest absolute Gasteiger partial charge is 0.137 e. The Balaban J connectivity index is 2.27. The van der Waals surface area contributed by atoms with E-state index in [0.717, 1.165) is 17.1 Å². The Bertz CT molecular complexity index is 444. The third-order valence-corrected chi connectivity index (χ3v) is 2.48. The molecule has 0 bridgehead atoms. The SMILES string of the molecule is CNC(C)c1ccc(-c2cnn(C)c2)o1. The van der Waals surface area contributed by atoms with Crippen LogP contribution in [0.25, 0.3) is 11.3 Å². The highest BCUT2D eigenvalue weighted by molar-refractivity contribution is 5.55. The zero-order chi connectivity index (χ0) is 10.8. The molecule has 0 amide bonds. The van der Waals surface area contributed by atoms with Crippen molar-refractivity contribution in [1.82, 2.24) is 15.1 Å². The lowest BCUT2D eigenvalue weighted by molar-refractivity contribution is 0.458. The van der Waals surface area contributed by atoms with Crippen LogP contribution in [0.2, 0.25) is 0 Å². The fourth-order valence-electron chi connectivity index (χ4n) is 1.43. The van der Waals surface area contributed by atoms with Crippen LogP contribution in [0, 0.1) is 0 Å². The number of furan rings is 1. The molecule has 4 nitrogen and oxygen atoms in total. The van der Waals surface area contributed by atoms with Crippen LogP contribution in [-0.4, -0.2) is 16.8 Å². The van der Waals surface area contributed by atoms with E-state index in [1.165, 1.54) is 0 Å². The van der Waals surface area contributed by atoms with Gasteiger partial charge in [-0.25, -0.2) is 0 Å². The number of hydrogen-bond donors (Lipinski definition) is 1. The lowest BCUT2D eigenvalue weighted by Gasteiger charge is -2.04. The van der Waals surface area contributed by atoms with Gasteiger partial charge in [0.1, 0.15) is 11.5 Å². The van der Waals surface area contributed by atoms with Crippen molar-refractivity contribution in [2.45, 2.75) is 13.0 Å². The second-order valence-electron chi connectivity index (χ2n) is 3.62. The molecule has 2 rings (SSSR count). The summed E-state index contributed by atoms with van der Waals surface area (Å²) >= 11 is 0. The second-order valence-corrected chi connectivity index (χ2v) is 3.62. The standard InChI is InChI=1S/C11H15N3O/c1-8(12-2)10-4-5-11(15-10)9-6-13-14(3)7-9/h4-8,12H,1-3H3. The number of aryl methyl sites for hydroxylation is 1. The van der Waals surface area contributed by atoms with Gasteiger partial charge in [0.25, 0.3) is 0 Å². The Morgan fingerprint density at radius 3 is 2.87 bits per heavy atom. The molecule has 15 heavy (non-hydrogen) atoms. The molecule has 0 saturated carbocycles. The number of nitrogens with zero attached hydrogens (tertiary/aromatic N) is 2. The molecule has 0 spiro atoms. The molecule has 2 aromatic heterocycles. The number of hydrogen-bond acceptors (Lipinski definition) is 3. The van der Waals surface area contributed by atoms with Crippen molar-refractivity contribution in [3.8, 4) is 11.3 Å². The van der Waals surface area contributed by atoms with Crippen LogP contribution in [-0.2, 0) is 7.05 Å². The highest BCUT2D eigenvalue weighted by Gasteiger charge is 2.10. The van der Waals surface area contributed by atoms with Crippen molar-refractivity contribution in [3.63, 3.8) is 0 Å². The first-order chi connectivity index (χ1) is 7.20. The summed E-state index contributed by atoms with van der Waals surface area (Å²) in [5, 5.41) is 7.24. The molecule has 2 aromatic rings. The van der Waals surface area contributed by atoms with Crippen molar-refractivity contribution in [2.75, 3.05) is 7.05 Å². The predicted octanol–water partition coefficient (Wildman–Crippen LogP) is 1.96. The predicted molar refractivity (Wildman–Crippen MR) is 58.4 cm³/mol. The molecule has 80 valence electrons. The molecule has 0 radical (unpaired) electrons. The van der Waals surface area contributed by atoms with Gasteiger partial charge < -0.3 is 9.73 Å². The minimum absolute atomic E-state index is 0.232. The molecule has 1 N–H and O–H groups in total. The molecule has 0 aliphatic rings. The summed E-state index contributed by atoms with van der Waals surface area (Å²) in [7, 11) is 3.81. The molecule has 1 atom stereocenters. The van der Waals surface area contributed by atoms with Crippen LogP contribution >= 0.6 is 0 Å². The normalized spacial score (nSPS) is 13.0. The van der Waals surface area contributed by atoms with Gasteiger partial charge in [-0.1, -0.05) is 0 Å². The Hall–Kier alpha value is -1.55. The van der Waals surface area contributed by atoms with Crippen molar-refractivity contribution in [1.29, 1.82) is 0 Å².